The Hall–Kier alpha value is -1.27. The summed E-state index contributed by atoms with van der Waals surface area (Å²) in [4.78, 5) is 13.2. The second kappa shape index (κ2) is 39.5. The number of ether oxygens (including phenoxy) is 4. The highest BCUT2D eigenvalue weighted by Crippen LogP contribution is 2.30. The van der Waals surface area contributed by atoms with E-state index in [9.17, 15) is 45.6 Å². The number of rotatable bonds is 42. The maximum atomic E-state index is 13.2. The molecule has 2 rings (SSSR count). The average Bonchev–Trinajstić information content (AvgIpc) is 3.31. The zero-order valence-electron chi connectivity index (χ0n) is 41.5. The summed E-state index contributed by atoms with van der Waals surface area (Å²) in [5.74, 6) is -0.237. The first-order chi connectivity index (χ1) is 32.1. The van der Waals surface area contributed by atoms with Gasteiger partial charge in [-0.2, -0.15) is 0 Å². The van der Waals surface area contributed by atoms with E-state index in [1.807, 2.05) is 6.08 Å². The summed E-state index contributed by atoms with van der Waals surface area (Å²) in [5.41, 5.74) is 0. The van der Waals surface area contributed by atoms with Gasteiger partial charge in [0.2, 0.25) is 5.91 Å². The Morgan fingerprint density at radius 1 is 0.530 bits per heavy atom. The minimum Gasteiger partial charge on any atom is -0.394 e. The molecule has 66 heavy (non-hydrogen) atoms. The third-order valence-electron chi connectivity index (χ3n) is 13.5. The Morgan fingerprint density at radius 2 is 0.939 bits per heavy atom. The average molecular weight is 946 g/mol. The van der Waals surface area contributed by atoms with Crippen LogP contribution in [-0.4, -0.2) is 140 Å². The molecule has 2 heterocycles. The van der Waals surface area contributed by atoms with Crippen LogP contribution in [0.5, 0.6) is 0 Å². The molecule has 390 valence electrons. The van der Waals surface area contributed by atoms with Gasteiger partial charge in [-0.15, -0.1) is 0 Å². The van der Waals surface area contributed by atoms with Crippen molar-refractivity contribution in [2.45, 2.75) is 293 Å². The summed E-state index contributed by atoms with van der Waals surface area (Å²) in [5, 5.41) is 86.8. The third-order valence-corrected chi connectivity index (χ3v) is 13.5. The molecule has 0 bridgehead atoms. The van der Waals surface area contributed by atoms with Gasteiger partial charge in [0.05, 0.1) is 32.0 Å². The van der Waals surface area contributed by atoms with Crippen molar-refractivity contribution < 1.29 is 64.6 Å². The number of nitrogens with one attached hydrogen (secondary N) is 1. The number of amides is 1. The van der Waals surface area contributed by atoms with Crippen molar-refractivity contribution in [2.75, 3.05) is 19.8 Å². The molecule has 14 heteroatoms. The van der Waals surface area contributed by atoms with E-state index in [1.54, 1.807) is 6.08 Å². The van der Waals surface area contributed by atoms with Crippen molar-refractivity contribution in [3.63, 3.8) is 0 Å². The van der Waals surface area contributed by atoms with Crippen LogP contribution in [0.15, 0.2) is 12.2 Å². The van der Waals surface area contributed by atoms with Crippen LogP contribution in [0, 0.1) is 0 Å². The summed E-state index contributed by atoms with van der Waals surface area (Å²) in [7, 11) is 0. The topological polar surface area (TPSA) is 228 Å². The minimum absolute atomic E-state index is 0.237. The fourth-order valence-corrected chi connectivity index (χ4v) is 9.06. The van der Waals surface area contributed by atoms with Gasteiger partial charge in [0.1, 0.15) is 48.8 Å². The van der Waals surface area contributed by atoms with E-state index in [2.05, 4.69) is 19.2 Å². The lowest BCUT2D eigenvalue weighted by atomic mass is 9.97. The molecular formula is C52H99NO13. The van der Waals surface area contributed by atoms with Crippen LogP contribution in [0.1, 0.15) is 219 Å². The van der Waals surface area contributed by atoms with Gasteiger partial charge in [-0.1, -0.05) is 206 Å². The van der Waals surface area contributed by atoms with Gasteiger partial charge >= 0.3 is 0 Å². The van der Waals surface area contributed by atoms with Crippen LogP contribution >= 0.6 is 0 Å². The number of hydrogen-bond donors (Lipinski definition) is 9. The van der Waals surface area contributed by atoms with Crippen LogP contribution in [0.4, 0.5) is 0 Å². The number of aliphatic hydroxyl groups excluding tert-OH is 8. The normalized spacial score (nSPS) is 26.8. The van der Waals surface area contributed by atoms with Gasteiger partial charge < -0.3 is 65.1 Å². The zero-order valence-corrected chi connectivity index (χ0v) is 41.5. The molecule has 0 spiro atoms. The van der Waals surface area contributed by atoms with Crippen LogP contribution in [0.3, 0.4) is 0 Å². The van der Waals surface area contributed by atoms with Crippen molar-refractivity contribution >= 4 is 5.91 Å². The molecule has 0 aromatic carbocycles. The molecule has 14 nitrogen and oxygen atoms in total. The van der Waals surface area contributed by atoms with Crippen LogP contribution in [0.2, 0.25) is 0 Å². The Balaban J connectivity index is 1.79. The molecule has 9 N–H and O–H groups in total. The highest BCUT2D eigenvalue weighted by atomic mass is 16.7. The number of unbranched alkanes of at least 4 members (excludes halogenated alkanes) is 29. The highest BCUT2D eigenvalue weighted by Gasteiger charge is 2.51. The molecule has 2 fully saturated rings. The molecule has 4 unspecified atom stereocenters. The summed E-state index contributed by atoms with van der Waals surface area (Å²) in [6.07, 6.45) is 25.4. The van der Waals surface area contributed by atoms with E-state index in [-0.39, 0.29) is 18.9 Å². The smallest absolute Gasteiger partial charge is 0.220 e. The van der Waals surface area contributed by atoms with E-state index >= 15 is 0 Å². The van der Waals surface area contributed by atoms with Gasteiger partial charge in [0.25, 0.3) is 0 Å². The Kier molecular flexibility index (Phi) is 36.4. The maximum Gasteiger partial charge on any atom is 0.220 e. The van der Waals surface area contributed by atoms with Crippen molar-refractivity contribution in [3.05, 3.63) is 12.2 Å². The molecule has 1 amide bonds. The van der Waals surface area contributed by atoms with Gasteiger partial charge in [0, 0.05) is 6.42 Å². The number of hydrogen-bond acceptors (Lipinski definition) is 13. The fraction of sp³-hybridized carbons (Fsp3) is 0.942. The number of allylic oxidation sites excluding steroid dienone is 1. The summed E-state index contributed by atoms with van der Waals surface area (Å²) < 4.78 is 22.7. The van der Waals surface area contributed by atoms with E-state index in [1.165, 1.54) is 154 Å². The van der Waals surface area contributed by atoms with Crippen molar-refractivity contribution in [1.82, 2.24) is 5.32 Å². The maximum absolute atomic E-state index is 13.2. The van der Waals surface area contributed by atoms with Gasteiger partial charge in [-0.05, 0) is 19.3 Å². The van der Waals surface area contributed by atoms with E-state index in [4.69, 9.17) is 18.9 Å². The van der Waals surface area contributed by atoms with Crippen molar-refractivity contribution in [1.29, 1.82) is 0 Å². The minimum atomic E-state index is -1.78. The second-order valence-corrected chi connectivity index (χ2v) is 19.4. The van der Waals surface area contributed by atoms with Crippen LogP contribution < -0.4 is 5.32 Å². The SMILES string of the molecule is CCCCCCCCCCCC/C=C/[C@@H](O)[C@H](CO[C@@H]1O[C@H](CO)[C@@H](O[C@@H]2O[C@H](CO)[C@H](O)C(O)C2O)C(O)C1O)NC(=O)CCCCCCCCCCCCCCCCCCCCCC. The molecular weight excluding hydrogens is 847 g/mol. The predicted octanol–water partition coefficient (Wildman–Crippen LogP) is 7.55. The first kappa shape index (κ1) is 60.9. The molecule has 0 saturated carbocycles. The standard InChI is InChI=1S/C52H99NO13/c1-3-5-7-9-11-13-15-17-18-19-20-21-22-23-24-26-28-30-32-34-36-44(57)53-40(41(56)35-33-31-29-27-25-16-14-12-10-8-6-4-2)39-63-51-49(62)47(60)50(43(38-55)65-51)66-52-48(61)46(59)45(58)42(37-54)64-52/h33,35,40-43,45-52,54-56,58-62H,3-32,34,36-39H2,1-2H3,(H,53,57)/b35-33+/t40-,41+,42+,43+,45-,46?,47?,48?,49?,50+,51+,52-/m0/s1. The Morgan fingerprint density at radius 3 is 1.39 bits per heavy atom. The molecule has 0 aromatic rings. The van der Waals surface area contributed by atoms with Crippen molar-refractivity contribution in [3.8, 4) is 0 Å². The number of aliphatic hydroxyl groups is 8. The van der Waals surface area contributed by atoms with E-state index in [0.29, 0.717) is 6.42 Å². The van der Waals surface area contributed by atoms with Gasteiger partial charge in [-0.3, -0.25) is 4.79 Å². The first-order valence-corrected chi connectivity index (χ1v) is 26.9. The molecule has 2 aliphatic heterocycles. The largest absolute Gasteiger partial charge is 0.394 e. The zero-order chi connectivity index (χ0) is 48.2. The highest BCUT2D eigenvalue weighted by molar-refractivity contribution is 5.76. The molecule has 0 aliphatic carbocycles. The molecule has 12 atom stereocenters. The van der Waals surface area contributed by atoms with E-state index < -0.39 is 86.8 Å². The first-order valence-electron chi connectivity index (χ1n) is 26.9. The monoisotopic (exact) mass is 946 g/mol. The summed E-state index contributed by atoms with van der Waals surface area (Å²) in [6.45, 7) is 2.79. The molecule has 2 aliphatic rings. The van der Waals surface area contributed by atoms with Crippen LogP contribution in [0.25, 0.3) is 0 Å². The molecule has 0 aromatic heterocycles. The van der Waals surface area contributed by atoms with Crippen molar-refractivity contribution in [2.24, 2.45) is 0 Å². The Bertz CT molecular complexity index is 1160. The Labute approximate surface area is 399 Å². The fourth-order valence-electron chi connectivity index (χ4n) is 9.06. The lowest BCUT2D eigenvalue weighted by Crippen LogP contribution is -2.65. The lowest BCUT2D eigenvalue weighted by molar-refractivity contribution is -0.359. The quantitative estimate of drug-likeness (QED) is 0.0213. The third kappa shape index (κ3) is 26.1. The molecule has 0 radical (unpaired) electrons. The van der Waals surface area contributed by atoms with Gasteiger partial charge in [0.15, 0.2) is 12.6 Å². The van der Waals surface area contributed by atoms with Crippen LogP contribution in [-0.2, 0) is 23.7 Å². The molecule has 2 saturated heterocycles. The van der Waals surface area contributed by atoms with E-state index in [0.717, 1.165) is 38.5 Å². The lowest BCUT2D eigenvalue weighted by Gasteiger charge is -2.46. The second-order valence-electron chi connectivity index (χ2n) is 19.4. The number of carbonyl (C=O) groups excluding carboxylic acids is 1. The summed E-state index contributed by atoms with van der Waals surface area (Å²) in [6, 6.07) is -0.907. The van der Waals surface area contributed by atoms with Gasteiger partial charge in [-0.25, -0.2) is 0 Å². The predicted molar refractivity (Wildman–Crippen MR) is 259 cm³/mol. The number of carbonyl (C=O) groups is 1. The summed E-state index contributed by atoms with van der Waals surface area (Å²) >= 11 is 0.